The van der Waals surface area contributed by atoms with Crippen molar-refractivity contribution < 1.29 is 18.3 Å². The highest BCUT2D eigenvalue weighted by molar-refractivity contribution is 7.89. The smallest absolute Gasteiger partial charge is 0.244 e. The van der Waals surface area contributed by atoms with Gasteiger partial charge >= 0.3 is 0 Å². The fraction of sp³-hybridized carbons (Fsp3) is 0.538. The summed E-state index contributed by atoms with van der Waals surface area (Å²) in [5, 5.41) is 9.10. The summed E-state index contributed by atoms with van der Waals surface area (Å²) in [6, 6.07) is 2.79. The highest BCUT2D eigenvalue weighted by Crippen LogP contribution is 2.27. The summed E-state index contributed by atoms with van der Waals surface area (Å²) in [7, 11) is -2.26. The van der Waals surface area contributed by atoms with Crippen molar-refractivity contribution in [1.82, 2.24) is 4.72 Å². The standard InChI is InChI=1S/C13H21NO4S/c1-5-11(8-15)14-19(16,17)13-7-10(3)9(2)6-12(13)18-4/h6-7,11,14-15H,5,8H2,1-4H3. The molecule has 1 atom stereocenters. The Hall–Kier alpha value is -1.11. The van der Waals surface area contributed by atoms with E-state index >= 15 is 0 Å². The number of ether oxygens (including phenoxy) is 1. The zero-order chi connectivity index (χ0) is 14.6. The SMILES string of the molecule is CCC(CO)NS(=O)(=O)c1cc(C)c(C)cc1OC. The molecule has 108 valence electrons. The monoisotopic (exact) mass is 287 g/mol. The lowest BCUT2D eigenvalue weighted by Crippen LogP contribution is -2.37. The first-order chi connectivity index (χ1) is 8.85. The molecule has 1 aromatic rings. The Morgan fingerprint density at radius 1 is 1.32 bits per heavy atom. The van der Waals surface area contributed by atoms with Crippen LogP contribution in [0.1, 0.15) is 24.5 Å². The first-order valence-corrected chi connectivity index (χ1v) is 7.62. The van der Waals surface area contributed by atoms with E-state index in [2.05, 4.69) is 4.72 Å². The number of sulfonamides is 1. The second-order valence-electron chi connectivity index (χ2n) is 4.50. The summed E-state index contributed by atoms with van der Waals surface area (Å²) in [5.74, 6) is 0.309. The molecule has 19 heavy (non-hydrogen) atoms. The molecule has 0 heterocycles. The average molecular weight is 287 g/mol. The number of aryl methyl sites for hydroxylation is 2. The van der Waals surface area contributed by atoms with Gasteiger partial charge in [0.05, 0.1) is 13.7 Å². The Morgan fingerprint density at radius 2 is 1.89 bits per heavy atom. The van der Waals surface area contributed by atoms with Gasteiger partial charge in [-0.2, -0.15) is 0 Å². The van der Waals surface area contributed by atoms with Crippen LogP contribution in [-0.2, 0) is 10.0 Å². The lowest BCUT2D eigenvalue weighted by Gasteiger charge is -2.17. The maximum absolute atomic E-state index is 12.3. The van der Waals surface area contributed by atoms with E-state index in [0.717, 1.165) is 11.1 Å². The molecule has 0 aromatic heterocycles. The summed E-state index contributed by atoms with van der Waals surface area (Å²) in [5.41, 5.74) is 1.84. The van der Waals surface area contributed by atoms with Gasteiger partial charge in [0.1, 0.15) is 10.6 Å². The minimum atomic E-state index is -3.70. The van der Waals surface area contributed by atoms with Crippen molar-refractivity contribution in [3.63, 3.8) is 0 Å². The van der Waals surface area contributed by atoms with E-state index in [9.17, 15) is 8.42 Å². The van der Waals surface area contributed by atoms with Gasteiger partial charge in [-0.1, -0.05) is 6.92 Å². The maximum Gasteiger partial charge on any atom is 0.244 e. The van der Waals surface area contributed by atoms with Gasteiger partial charge in [-0.3, -0.25) is 0 Å². The van der Waals surface area contributed by atoms with Gasteiger partial charge in [0.2, 0.25) is 10.0 Å². The first-order valence-electron chi connectivity index (χ1n) is 6.14. The molecule has 0 aliphatic rings. The predicted octanol–water partition coefficient (Wildman–Crippen LogP) is 1.36. The zero-order valence-electron chi connectivity index (χ0n) is 11.7. The summed E-state index contributed by atoms with van der Waals surface area (Å²) < 4.78 is 32.2. The lowest BCUT2D eigenvalue weighted by molar-refractivity contribution is 0.253. The average Bonchev–Trinajstić information content (AvgIpc) is 2.38. The lowest BCUT2D eigenvalue weighted by atomic mass is 10.1. The van der Waals surface area contributed by atoms with Gasteiger partial charge < -0.3 is 9.84 Å². The fourth-order valence-corrected chi connectivity index (χ4v) is 3.21. The van der Waals surface area contributed by atoms with Gasteiger partial charge in [0.15, 0.2) is 0 Å². The van der Waals surface area contributed by atoms with Crippen LogP contribution in [-0.4, -0.2) is 33.3 Å². The Labute approximate surface area is 114 Å². The quantitative estimate of drug-likeness (QED) is 0.828. The number of hydrogen-bond acceptors (Lipinski definition) is 4. The second kappa shape index (κ2) is 6.36. The van der Waals surface area contributed by atoms with Crippen LogP contribution < -0.4 is 9.46 Å². The Kier molecular flexibility index (Phi) is 5.34. The van der Waals surface area contributed by atoms with Crippen LogP contribution in [0.2, 0.25) is 0 Å². The van der Waals surface area contributed by atoms with E-state index in [0.29, 0.717) is 12.2 Å². The number of methoxy groups -OCH3 is 1. The molecule has 0 saturated heterocycles. The van der Waals surface area contributed by atoms with Crippen LogP contribution in [0.15, 0.2) is 17.0 Å². The fourth-order valence-electron chi connectivity index (χ4n) is 1.67. The van der Waals surface area contributed by atoms with E-state index in [-0.39, 0.29) is 11.5 Å². The highest BCUT2D eigenvalue weighted by Gasteiger charge is 2.23. The molecule has 1 rings (SSSR count). The van der Waals surface area contributed by atoms with Crippen LogP contribution in [0.4, 0.5) is 0 Å². The summed E-state index contributed by atoms with van der Waals surface area (Å²) in [6.45, 7) is 5.31. The van der Waals surface area contributed by atoms with Gasteiger partial charge in [-0.15, -0.1) is 0 Å². The predicted molar refractivity (Wildman–Crippen MR) is 74.0 cm³/mol. The van der Waals surface area contributed by atoms with Crippen LogP contribution >= 0.6 is 0 Å². The van der Waals surface area contributed by atoms with Crippen molar-refractivity contribution in [1.29, 1.82) is 0 Å². The maximum atomic E-state index is 12.3. The van der Waals surface area contributed by atoms with Crippen molar-refractivity contribution >= 4 is 10.0 Å². The van der Waals surface area contributed by atoms with Crippen molar-refractivity contribution in [2.24, 2.45) is 0 Å². The normalized spacial score (nSPS) is 13.3. The number of aliphatic hydroxyl groups excluding tert-OH is 1. The largest absolute Gasteiger partial charge is 0.495 e. The van der Waals surface area contributed by atoms with E-state index < -0.39 is 16.1 Å². The highest BCUT2D eigenvalue weighted by atomic mass is 32.2. The molecule has 0 aliphatic heterocycles. The summed E-state index contributed by atoms with van der Waals surface area (Å²) in [4.78, 5) is 0.102. The van der Waals surface area contributed by atoms with Crippen LogP contribution in [0, 0.1) is 13.8 Å². The zero-order valence-corrected chi connectivity index (χ0v) is 12.5. The van der Waals surface area contributed by atoms with E-state index in [1.807, 2.05) is 13.8 Å². The van der Waals surface area contributed by atoms with Crippen molar-refractivity contribution in [2.75, 3.05) is 13.7 Å². The molecule has 5 nitrogen and oxygen atoms in total. The first kappa shape index (κ1) is 15.9. The van der Waals surface area contributed by atoms with E-state index in [4.69, 9.17) is 9.84 Å². The molecule has 0 spiro atoms. The molecule has 2 N–H and O–H groups in total. The van der Waals surface area contributed by atoms with Gasteiger partial charge in [-0.25, -0.2) is 13.1 Å². The van der Waals surface area contributed by atoms with Crippen LogP contribution in [0.5, 0.6) is 5.75 Å². The molecular formula is C13H21NO4S. The van der Waals surface area contributed by atoms with Crippen LogP contribution in [0.3, 0.4) is 0 Å². The number of aliphatic hydroxyl groups is 1. The van der Waals surface area contributed by atoms with Crippen molar-refractivity contribution in [3.05, 3.63) is 23.3 Å². The molecule has 0 bridgehead atoms. The number of hydrogen-bond donors (Lipinski definition) is 2. The molecule has 0 radical (unpaired) electrons. The molecule has 0 fully saturated rings. The molecular weight excluding hydrogens is 266 g/mol. The van der Waals surface area contributed by atoms with Gasteiger partial charge in [0.25, 0.3) is 0 Å². The minimum absolute atomic E-state index is 0.102. The third-order valence-electron chi connectivity index (χ3n) is 3.10. The molecule has 1 aromatic carbocycles. The molecule has 6 heteroatoms. The Bertz CT molecular complexity index is 536. The number of benzene rings is 1. The molecule has 0 saturated carbocycles. The van der Waals surface area contributed by atoms with Gasteiger partial charge in [0, 0.05) is 6.04 Å². The molecule has 0 aliphatic carbocycles. The Morgan fingerprint density at radius 3 is 2.37 bits per heavy atom. The van der Waals surface area contributed by atoms with E-state index in [1.165, 1.54) is 7.11 Å². The number of nitrogens with one attached hydrogen (secondary N) is 1. The van der Waals surface area contributed by atoms with E-state index in [1.54, 1.807) is 19.1 Å². The molecule has 1 unspecified atom stereocenters. The number of rotatable bonds is 6. The van der Waals surface area contributed by atoms with Crippen LogP contribution in [0.25, 0.3) is 0 Å². The van der Waals surface area contributed by atoms with Crippen molar-refractivity contribution in [2.45, 2.75) is 38.1 Å². The summed E-state index contributed by atoms with van der Waals surface area (Å²) in [6.07, 6.45) is 0.517. The summed E-state index contributed by atoms with van der Waals surface area (Å²) >= 11 is 0. The van der Waals surface area contributed by atoms with Crippen molar-refractivity contribution in [3.8, 4) is 5.75 Å². The Balaban J connectivity index is 3.24. The molecule has 0 amide bonds. The minimum Gasteiger partial charge on any atom is -0.495 e. The van der Waals surface area contributed by atoms with Gasteiger partial charge in [-0.05, 0) is 43.5 Å². The topological polar surface area (TPSA) is 75.6 Å². The third kappa shape index (κ3) is 3.68. The third-order valence-corrected chi connectivity index (χ3v) is 4.65. The second-order valence-corrected chi connectivity index (χ2v) is 6.18.